The highest BCUT2D eigenvalue weighted by molar-refractivity contribution is 6.32. The van der Waals surface area contributed by atoms with Crippen LogP contribution in [0, 0.1) is 10.1 Å². The predicted octanol–water partition coefficient (Wildman–Crippen LogP) is 7.18. The second-order valence-corrected chi connectivity index (χ2v) is 8.16. The summed E-state index contributed by atoms with van der Waals surface area (Å²) in [6.07, 6.45) is 18.3. The van der Waals surface area contributed by atoms with Gasteiger partial charge >= 0.3 is 0 Å². The lowest BCUT2D eigenvalue weighted by Gasteiger charge is -2.03. The molecule has 0 aromatic heterocycles. The molecule has 0 bridgehead atoms. The zero-order chi connectivity index (χ0) is 22.0. The van der Waals surface area contributed by atoms with E-state index in [1.807, 2.05) is 0 Å². The van der Waals surface area contributed by atoms with E-state index in [1.165, 1.54) is 89.0 Å². The molecule has 0 fully saturated rings. The number of nitro benzene ring substituents is 1. The fourth-order valence-electron chi connectivity index (χ4n) is 3.29. The molecule has 0 aliphatic carbocycles. The number of carbonyl (C=O) groups is 1. The maximum Gasteiger partial charge on any atom is 0.288 e. The van der Waals surface area contributed by atoms with Gasteiger partial charge in [0.05, 0.1) is 11.1 Å². The second-order valence-electron chi connectivity index (χ2n) is 7.75. The molecule has 7 heteroatoms. The third-order valence-electron chi connectivity index (χ3n) is 5.08. The molecule has 0 unspecified atom stereocenters. The Morgan fingerprint density at radius 1 is 1.00 bits per heavy atom. The van der Waals surface area contributed by atoms with Gasteiger partial charge in [0, 0.05) is 18.1 Å². The van der Waals surface area contributed by atoms with Crippen LogP contribution in [0.15, 0.2) is 23.3 Å². The Labute approximate surface area is 185 Å². The van der Waals surface area contributed by atoms with E-state index >= 15 is 0 Å². The van der Waals surface area contributed by atoms with Crippen LogP contribution in [-0.4, -0.2) is 17.0 Å². The lowest BCUT2D eigenvalue weighted by molar-refractivity contribution is -0.384. The van der Waals surface area contributed by atoms with E-state index in [1.54, 1.807) is 6.07 Å². The molecule has 1 rings (SSSR count). The van der Waals surface area contributed by atoms with Crippen molar-refractivity contribution in [3.8, 4) is 0 Å². The highest BCUT2D eigenvalue weighted by Gasteiger charge is 2.11. The number of hydrogen-bond donors (Lipinski definition) is 1. The van der Waals surface area contributed by atoms with Crippen LogP contribution in [0.3, 0.4) is 0 Å². The van der Waals surface area contributed by atoms with Crippen LogP contribution < -0.4 is 5.43 Å². The van der Waals surface area contributed by atoms with E-state index in [4.69, 9.17) is 11.6 Å². The van der Waals surface area contributed by atoms with Crippen molar-refractivity contribution in [2.75, 3.05) is 0 Å². The Hall–Kier alpha value is -1.95. The third kappa shape index (κ3) is 12.6. The molecular formula is C23H36ClN3O3. The quantitative estimate of drug-likeness (QED) is 0.121. The monoisotopic (exact) mass is 437 g/mol. The van der Waals surface area contributed by atoms with Crippen LogP contribution >= 0.6 is 11.6 Å². The van der Waals surface area contributed by atoms with Crippen LogP contribution in [0.25, 0.3) is 0 Å². The summed E-state index contributed by atoms with van der Waals surface area (Å²) in [5, 5.41) is 14.8. The van der Waals surface area contributed by atoms with Crippen molar-refractivity contribution in [1.82, 2.24) is 5.43 Å². The fourth-order valence-corrected chi connectivity index (χ4v) is 3.47. The number of amides is 1. The molecular weight excluding hydrogens is 402 g/mol. The maximum absolute atomic E-state index is 11.8. The topological polar surface area (TPSA) is 84.6 Å². The van der Waals surface area contributed by atoms with Crippen LogP contribution in [0.2, 0.25) is 5.02 Å². The number of rotatable bonds is 17. The fraction of sp³-hybridized carbons (Fsp3) is 0.652. The molecule has 1 aromatic rings. The molecule has 1 amide bonds. The van der Waals surface area contributed by atoms with E-state index in [0.717, 1.165) is 12.8 Å². The molecule has 168 valence electrons. The van der Waals surface area contributed by atoms with Gasteiger partial charge in [-0.3, -0.25) is 14.9 Å². The molecule has 1 N–H and O–H groups in total. The van der Waals surface area contributed by atoms with Gasteiger partial charge in [0.2, 0.25) is 5.91 Å². The number of unbranched alkanes of at least 4 members (excludes halogenated alkanes) is 12. The zero-order valence-electron chi connectivity index (χ0n) is 18.2. The number of hydrogen-bond acceptors (Lipinski definition) is 4. The first-order chi connectivity index (χ1) is 14.5. The number of nitrogens with one attached hydrogen (secondary N) is 1. The lowest BCUT2D eigenvalue weighted by atomic mass is 10.0. The Morgan fingerprint density at radius 3 is 2.07 bits per heavy atom. The van der Waals surface area contributed by atoms with Gasteiger partial charge in [0.1, 0.15) is 5.02 Å². The lowest BCUT2D eigenvalue weighted by Crippen LogP contribution is -2.16. The van der Waals surface area contributed by atoms with E-state index < -0.39 is 4.92 Å². The van der Waals surface area contributed by atoms with Gasteiger partial charge < -0.3 is 0 Å². The van der Waals surface area contributed by atoms with E-state index in [9.17, 15) is 14.9 Å². The first-order valence-electron chi connectivity index (χ1n) is 11.3. The summed E-state index contributed by atoms with van der Waals surface area (Å²) < 4.78 is 0. The predicted molar refractivity (Wildman–Crippen MR) is 124 cm³/mol. The molecule has 0 spiro atoms. The Morgan fingerprint density at radius 2 is 1.53 bits per heavy atom. The van der Waals surface area contributed by atoms with Gasteiger partial charge in [-0.1, -0.05) is 102 Å². The van der Waals surface area contributed by atoms with Gasteiger partial charge in [0.15, 0.2) is 0 Å². The summed E-state index contributed by atoms with van der Waals surface area (Å²) in [6.45, 7) is 2.25. The minimum absolute atomic E-state index is 0.0728. The minimum Gasteiger partial charge on any atom is -0.273 e. The molecule has 0 atom stereocenters. The number of nitrogens with zero attached hydrogens (tertiary/aromatic N) is 2. The average Bonchev–Trinajstić information content (AvgIpc) is 2.72. The molecule has 0 aliphatic rings. The molecule has 30 heavy (non-hydrogen) atoms. The largest absolute Gasteiger partial charge is 0.288 e. The number of carbonyl (C=O) groups excluding carboxylic acids is 1. The van der Waals surface area contributed by atoms with Gasteiger partial charge in [-0.25, -0.2) is 5.43 Å². The second kappa shape index (κ2) is 16.8. The first kappa shape index (κ1) is 26.1. The summed E-state index contributed by atoms with van der Waals surface area (Å²) in [5.74, 6) is -0.141. The molecule has 0 saturated carbocycles. The molecule has 0 saturated heterocycles. The smallest absolute Gasteiger partial charge is 0.273 e. The van der Waals surface area contributed by atoms with Crippen molar-refractivity contribution in [3.05, 3.63) is 38.9 Å². The summed E-state index contributed by atoms with van der Waals surface area (Å²) >= 11 is 5.77. The molecule has 6 nitrogen and oxygen atoms in total. The molecule has 0 heterocycles. The third-order valence-corrected chi connectivity index (χ3v) is 5.40. The SMILES string of the molecule is CCCCCCCCCCCCCCCC(=O)NN=Cc1ccc(Cl)c([N+](=O)[O-])c1. The maximum atomic E-state index is 11.8. The Kier molecular flexibility index (Phi) is 14.6. The van der Waals surface area contributed by atoms with Gasteiger partial charge in [-0.2, -0.15) is 5.10 Å². The number of halogens is 1. The minimum atomic E-state index is -0.549. The zero-order valence-corrected chi connectivity index (χ0v) is 19.0. The van der Waals surface area contributed by atoms with Crippen LogP contribution in [-0.2, 0) is 4.79 Å². The highest BCUT2D eigenvalue weighted by atomic mass is 35.5. The van der Waals surface area contributed by atoms with Crippen LogP contribution in [0.1, 0.15) is 102 Å². The summed E-state index contributed by atoms with van der Waals surface area (Å²) in [5.41, 5.74) is 2.79. The molecule has 0 aliphatic heterocycles. The Balaban J connectivity index is 2.02. The number of nitro groups is 1. The van der Waals surface area contributed by atoms with Crippen molar-refractivity contribution in [3.63, 3.8) is 0 Å². The van der Waals surface area contributed by atoms with Crippen molar-refractivity contribution in [1.29, 1.82) is 0 Å². The summed E-state index contributed by atoms with van der Waals surface area (Å²) in [7, 11) is 0. The normalized spacial score (nSPS) is 11.1. The van der Waals surface area contributed by atoms with Crippen molar-refractivity contribution in [2.24, 2.45) is 5.10 Å². The summed E-state index contributed by atoms with van der Waals surface area (Å²) in [4.78, 5) is 22.1. The summed E-state index contributed by atoms with van der Waals surface area (Å²) in [6, 6.07) is 4.37. The Bertz CT molecular complexity index is 665. The van der Waals surface area contributed by atoms with E-state index in [2.05, 4.69) is 17.5 Å². The van der Waals surface area contributed by atoms with Crippen molar-refractivity contribution in [2.45, 2.75) is 96.8 Å². The van der Waals surface area contributed by atoms with E-state index in [-0.39, 0.29) is 16.6 Å². The van der Waals surface area contributed by atoms with Gasteiger partial charge in [-0.15, -0.1) is 0 Å². The van der Waals surface area contributed by atoms with Gasteiger partial charge in [0.25, 0.3) is 5.69 Å². The first-order valence-corrected chi connectivity index (χ1v) is 11.7. The van der Waals surface area contributed by atoms with Crippen molar-refractivity contribution >= 4 is 29.4 Å². The van der Waals surface area contributed by atoms with Gasteiger partial charge in [-0.05, 0) is 12.5 Å². The van der Waals surface area contributed by atoms with Crippen LogP contribution in [0.4, 0.5) is 5.69 Å². The van der Waals surface area contributed by atoms with E-state index in [0.29, 0.717) is 12.0 Å². The average molecular weight is 438 g/mol. The van der Waals surface area contributed by atoms with Crippen LogP contribution in [0.5, 0.6) is 0 Å². The highest BCUT2D eigenvalue weighted by Crippen LogP contribution is 2.24. The van der Waals surface area contributed by atoms with Crippen molar-refractivity contribution < 1.29 is 9.72 Å². The number of benzene rings is 1. The molecule has 1 aromatic carbocycles. The molecule has 0 radical (unpaired) electrons. The standard InChI is InChI=1S/C23H36ClN3O3/c1-2-3-4-5-6-7-8-9-10-11-12-13-14-15-23(28)26-25-19-20-16-17-21(24)22(18-20)27(29)30/h16-19H,2-15H2,1H3,(H,26,28). The number of hydrazone groups is 1.